The number of hydrogen-bond donors (Lipinski definition) is 1. The number of ether oxygens (including phenoxy) is 2. The van der Waals surface area contributed by atoms with Gasteiger partial charge in [-0.05, 0) is 23.8 Å². The lowest BCUT2D eigenvalue weighted by Crippen LogP contribution is -2.36. The number of aromatic amines is 1. The zero-order valence-corrected chi connectivity index (χ0v) is 15.0. The van der Waals surface area contributed by atoms with Gasteiger partial charge in [0.1, 0.15) is 5.75 Å². The van der Waals surface area contributed by atoms with E-state index < -0.39 is 0 Å². The molecule has 130 valence electrons. The Kier molecular flexibility index (Phi) is 4.81. The Morgan fingerprint density at radius 3 is 2.88 bits per heavy atom. The molecule has 0 atom stereocenters. The summed E-state index contributed by atoms with van der Waals surface area (Å²) in [6, 6.07) is 14.5. The summed E-state index contributed by atoms with van der Waals surface area (Å²) in [4.78, 5) is 10.5. The fraction of sp³-hybridized carbons (Fsp3) is 0.316. The van der Waals surface area contributed by atoms with Gasteiger partial charge in [0, 0.05) is 30.6 Å². The number of thioether (sulfide) groups is 1. The molecule has 0 radical (unpaired) electrons. The first-order chi connectivity index (χ1) is 12.3. The minimum Gasteiger partial charge on any atom is -0.497 e. The third-order valence-electron chi connectivity index (χ3n) is 4.38. The van der Waals surface area contributed by atoms with E-state index in [1.807, 2.05) is 18.2 Å². The first kappa shape index (κ1) is 16.3. The number of nitrogens with zero attached hydrogens (tertiary/aromatic N) is 2. The molecule has 0 amide bonds. The smallest absolute Gasteiger partial charge is 0.166 e. The standard InChI is InChI=1S/C19H21N3O2S/c1-23-15-6-7-16-17(12-15)21-19(20-16)25-13-14-4-2-3-5-18(14)22-8-10-24-11-9-22/h2-7,12H,8-11,13H2,1H3,(H,20,21). The fourth-order valence-electron chi connectivity index (χ4n) is 3.05. The lowest BCUT2D eigenvalue weighted by atomic mass is 10.1. The molecule has 1 fully saturated rings. The highest BCUT2D eigenvalue weighted by Crippen LogP contribution is 2.29. The molecule has 1 N–H and O–H groups in total. The summed E-state index contributed by atoms with van der Waals surface area (Å²) in [5.74, 6) is 1.71. The Hall–Kier alpha value is -2.18. The van der Waals surface area contributed by atoms with Crippen LogP contribution in [0.15, 0.2) is 47.6 Å². The van der Waals surface area contributed by atoms with E-state index in [0.29, 0.717) is 0 Å². The van der Waals surface area contributed by atoms with Crippen LogP contribution in [0.3, 0.4) is 0 Å². The number of benzene rings is 2. The van der Waals surface area contributed by atoms with Gasteiger partial charge in [-0.25, -0.2) is 4.98 Å². The number of nitrogens with one attached hydrogen (secondary N) is 1. The highest BCUT2D eigenvalue weighted by atomic mass is 32.2. The quantitative estimate of drug-likeness (QED) is 0.707. The number of methoxy groups -OCH3 is 1. The number of para-hydroxylation sites is 1. The summed E-state index contributed by atoms with van der Waals surface area (Å²) in [7, 11) is 1.67. The third-order valence-corrected chi connectivity index (χ3v) is 5.30. The van der Waals surface area contributed by atoms with Crippen LogP contribution < -0.4 is 9.64 Å². The number of morpholine rings is 1. The number of aromatic nitrogens is 2. The Morgan fingerprint density at radius 1 is 1.20 bits per heavy atom. The molecular formula is C19H21N3O2S. The van der Waals surface area contributed by atoms with Gasteiger partial charge in [-0.2, -0.15) is 0 Å². The van der Waals surface area contributed by atoms with E-state index in [-0.39, 0.29) is 0 Å². The van der Waals surface area contributed by atoms with E-state index in [2.05, 4.69) is 39.1 Å². The molecule has 1 aliphatic rings. The third kappa shape index (κ3) is 3.60. The van der Waals surface area contributed by atoms with Gasteiger partial charge in [0.25, 0.3) is 0 Å². The zero-order valence-electron chi connectivity index (χ0n) is 14.2. The van der Waals surface area contributed by atoms with Crippen molar-refractivity contribution in [2.24, 2.45) is 0 Å². The van der Waals surface area contributed by atoms with E-state index >= 15 is 0 Å². The summed E-state index contributed by atoms with van der Waals surface area (Å²) in [6.07, 6.45) is 0. The molecule has 6 heteroatoms. The lowest BCUT2D eigenvalue weighted by Gasteiger charge is -2.30. The highest BCUT2D eigenvalue weighted by molar-refractivity contribution is 7.98. The van der Waals surface area contributed by atoms with E-state index in [1.54, 1.807) is 18.9 Å². The second-order valence-corrected chi connectivity index (χ2v) is 6.91. The van der Waals surface area contributed by atoms with Gasteiger partial charge in [-0.3, -0.25) is 0 Å². The summed E-state index contributed by atoms with van der Waals surface area (Å²) in [5, 5.41) is 0.931. The molecule has 5 nitrogen and oxygen atoms in total. The van der Waals surface area contributed by atoms with E-state index in [1.165, 1.54) is 11.3 Å². The van der Waals surface area contributed by atoms with Crippen molar-refractivity contribution < 1.29 is 9.47 Å². The average molecular weight is 355 g/mol. The van der Waals surface area contributed by atoms with Crippen molar-refractivity contribution in [1.29, 1.82) is 0 Å². The molecule has 1 aliphatic heterocycles. The van der Waals surface area contributed by atoms with Crippen molar-refractivity contribution in [1.82, 2.24) is 9.97 Å². The molecule has 0 bridgehead atoms. The number of rotatable bonds is 5. The molecule has 4 rings (SSSR count). The number of H-pyrrole nitrogens is 1. The van der Waals surface area contributed by atoms with Crippen molar-refractivity contribution in [2.45, 2.75) is 10.9 Å². The van der Waals surface area contributed by atoms with Crippen molar-refractivity contribution in [3.63, 3.8) is 0 Å². The minimum atomic E-state index is 0.798. The van der Waals surface area contributed by atoms with Crippen LogP contribution in [0, 0.1) is 0 Å². The van der Waals surface area contributed by atoms with E-state index in [4.69, 9.17) is 9.47 Å². The second-order valence-electron chi connectivity index (χ2n) is 5.94. The van der Waals surface area contributed by atoms with Crippen molar-refractivity contribution in [3.05, 3.63) is 48.0 Å². The predicted octanol–water partition coefficient (Wildman–Crippen LogP) is 3.70. The monoisotopic (exact) mass is 355 g/mol. The number of anilines is 1. The average Bonchev–Trinajstić information content (AvgIpc) is 3.09. The van der Waals surface area contributed by atoms with Gasteiger partial charge in [-0.15, -0.1) is 0 Å². The number of imidazole rings is 1. The van der Waals surface area contributed by atoms with Gasteiger partial charge in [0.2, 0.25) is 0 Å². The van der Waals surface area contributed by atoms with Crippen LogP contribution in [0.5, 0.6) is 5.75 Å². The summed E-state index contributed by atoms with van der Waals surface area (Å²) in [5.41, 5.74) is 4.59. The first-order valence-corrected chi connectivity index (χ1v) is 9.39. The Morgan fingerprint density at radius 2 is 2.04 bits per heavy atom. The van der Waals surface area contributed by atoms with Crippen LogP contribution in [0.1, 0.15) is 5.56 Å². The maximum atomic E-state index is 5.47. The van der Waals surface area contributed by atoms with E-state index in [9.17, 15) is 0 Å². The van der Waals surface area contributed by atoms with Crippen LogP contribution in [-0.2, 0) is 10.5 Å². The van der Waals surface area contributed by atoms with Crippen LogP contribution in [-0.4, -0.2) is 43.4 Å². The van der Waals surface area contributed by atoms with Crippen LogP contribution >= 0.6 is 11.8 Å². The van der Waals surface area contributed by atoms with Crippen LogP contribution in [0.4, 0.5) is 5.69 Å². The minimum absolute atomic E-state index is 0.798. The van der Waals surface area contributed by atoms with Crippen molar-refractivity contribution in [2.75, 3.05) is 38.3 Å². The van der Waals surface area contributed by atoms with Gasteiger partial charge in [0.05, 0.1) is 31.4 Å². The normalized spacial score (nSPS) is 14.8. The molecule has 0 spiro atoms. The largest absolute Gasteiger partial charge is 0.497 e. The van der Waals surface area contributed by atoms with Gasteiger partial charge in [0.15, 0.2) is 5.16 Å². The Labute approximate surface area is 151 Å². The molecule has 0 aliphatic carbocycles. The molecular weight excluding hydrogens is 334 g/mol. The Bertz CT molecular complexity index is 859. The summed E-state index contributed by atoms with van der Waals surface area (Å²) in [6.45, 7) is 3.50. The van der Waals surface area contributed by atoms with Gasteiger partial charge >= 0.3 is 0 Å². The van der Waals surface area contributed by atoms with Crippen LogP contribution in [0.2, 0.25) is 0 Å². The maximum Gasteiger partial charge on any atom is 0.166 e. The molecule has 0 unspecified atom stereocenters. The maximum absolute atomic E-state index is 5.47. The predicted molar refractivity (Wildman–Crippen MR) is 102 cm³/mol. The molecule has 0 saturated carbocycles. The Balaban J connectivity index is 1.51. The van der Waals surface area contributed by atoms with Crippen LogP contribution in [0.25, 0.3) is 11.0 Å². The molecule has 25 heavy (non-hydrogen) atoms. The van der Waals surface area contributed by atoms with Gasteiger partial charge in [-0.1, -0.05) is 30.0 Å². The highest BCUT2D eigenvalue weighted by Gasteiger charge is 2.15. The molecule has 2 heterocycles. The molecule has 3 aromatic rings. The van der Waals surface area contributed by atoms with Crippen molar-refractivity contribution in [3.8, 4) is 5.75 Å². The first-order valence-electron chi connectivity index (χ1n) is 8.40. The fourth-order valence-corrected chi connectivity index (χ4v) is 3.93. The van der Waals surface area contributed by atoms with E-state index in [0.717, 1.165) is 54.0 Å². The number of fused-ring (bicyclic) bond motifs is 1. The zero-order chi connectivity index (χ0) is 17.1. The molecule has 1 saturated heterocycles. The second kappa shape index (κ2) is 7.37. The summed E-state index contributed by atoms with van der Waals surface area (Å²) < 4.78 is 10.7. The summed E-state index contributed by atoms with van der Waals surface area (Å²) >= 11 is 1.73. The number of hydrogen-bond acceptors (Lipinski definition) is 5. The SMILES string of the molecule is COc1ccc2[nH]c(SCc3ccccc3N3CCOCC3)nc2c1. The molecule has 2 aromatic carbocycles. The van der Waals surface area contributed by atoms with Gasteiger partial charge < -0.3 is 19.4 Å². The topological polar surface area (TPSA) is 50.4 Å². The van der Waals surface area contributed by atoms with Crippen molar-refractivity contribution >= 4 is 28.5 Å². The molecule has 1 aromatic heterocycles. The lowest BCUT2D eigenvalue weighted by molar-refractivity contribution is 0.122.